The van der Waals surface area contributed by atoms with E-state index >= 15 is 0 Å². The molecule has 3 aromatic carbocycles. The fraction of sp³-hybridized carbons (Fsp3) is 0.185. The van der Waals surface area contributed by atoms with Gasteiger partial charge in [0.15, 0.2) is 0 Å². The number of carboxylic acid groups (broad SMARTS) is 1. The molecule has 0 radical (unpaired) electrons. The molecule has 0 spiro atoms. The van der Waals surface area contributed by atoms with Gasteiger partial charge in [0.05, 0.1) is 18.7 Å². The summed E-state index contributed by atoms with van der Waals surface area (Å²) in [7, 11) is 0. The summed E-state index contributed by atoms with van der Waals surface area (Å²) in [6, 6.07) is 25.2. The molecule has 6 nitrogen and oxygen atoms in total. The molecule has 0 aliphatic carbocycles. The predicted octanol–water partition coefficient (Wildman–Crippen LogP) is 5.51. The molecule has 168 valence electrons. The van der Waals surface area contributed by atoms with Crippen LogP contribution in [0, 0.1) is 6.92 Å². The summed E-state index contributed by atoms with van der Waals surface area (Å²) in [5.41, 5.74) is 4.53. The van der Waals surface area contributed by atoms with E-state index in [4.69, 9.17) is 14.3 Å². The first-order chi connectivity index (χ1) is 16.1. The van der Waals surface area contributed by atoms with Crippen molar-refractivity contribution in [3.05, 3.63) is 101 Å². The molecule has 1 aromatic heterocycles. The Morgan fingerprint density at radius 1 is 1.00 bits per heavy atom. The number of rotatable bonds is 10. The Balaban J connectivity index is 1.29. The Bertz CT molecular complexity index is 1200. The van der Waals surface area contributed by atoms with E-state index in [9.17, 15) is 4.79 Å². The molecule has 0 atom stereocenters. The number of ether oxygens (including phenoxy) is 1. The highest BCUT2D eigenvalue weighted by molar-refractivity contribution is 5.73. The Labute approximate surface area is 192 Å². The highest BCUT2D eigenvalue weighted by Gasteiger charge is 2.11. The number of carbonyl (C=O) groups is 1. The number of anilines is 1. The molecule has 0 saturated carbocycles. The van der Waals surface area contributed by atoms with Gasteiger partial charge in [0.1, 0.15) is 11.5 Å². The maximum atomic E-state index is 11.0. The molecule has 0 amide bonds. The molecule has 2 N–H and O–H groups in total. The average Bonchev–Trinajstić information content (AvgIpc) is 3.20. The Kier molecular flexibility index (Phi) is 7.05. The van der Waals surface area contributed by atoms with Crippen LogP contribution in [0.25, 0.3) is 11.5 Å². The Morgan fingerprint density at radius 3 is 2.48 bits per heavy atom. The van der Waals surface area contributed by atoms with Crippen LogP contribution in [0.2, 0.25) is 0 Å². The summed E-state index contributed by atoms with van der Waals surface area (Å²) in [5, 5.41) is 12.4. The molecule has 1 heterocycles. The standard InChI is InChI=1S/C27H26N2O4/c1-19-24(29-27(33-19)21-7-3-2-4-8-21)15-16-32-23-13-11-20(12-14-23)18-28-25-10-6-5-9-22(25)17-26(30)31/h2-14,28H,15-18H2,1H3,(H,30,31). The van der Waals surface area contributed by atoms with Crippen molar-refractivity contribution >= 4 is 11.7 Å². The summed E-state index contributed by atoms with van der Waals surface area (Å²) in [6.07, 6.45) is 0.652. The highest BCUT2D eigenvalue weighted by Crippen LogP contribution is 2.22. The third-order valence-corrected chi connectivity index (χ3v) is 5.29. The van der Waals surface area contributed by atoms with Crippen molar-refractivity contribution in [3.8, 4) is 17.2 Å². The lowest BCUT2D eigenvalue weighted by atomic mass is 10.1. The zero-order chi connectivity index (χ0) is 23.0. The van der Waals surface area contributed by atoms with E-state index in [0.717, 1.165) is 39.6 Å². The summed E-state index contributed by atoms with van der Waals surface area (Å²) in [4.78, 5) is 15.7. The van der Waals surface area contributed by atoms with E-state index < -0.39 is 5.97 Å². The van der Waals surface area contributed by atoms with Crippen molar-refractivity contribution in [2.45, 2.75) is 26.3 Å². The fourth-order valence-corrected chi connectivity index (χ4v) is 3.54. The number of aryl methyl sites for hydroxylation is 1. The van der Waals surface area contributed by atoms with Gasteiger partial charge in [-0.25, -0.2) is 4.98 Å². The van der Waals surface area contributed by atoms with Crippen molar-refractivity contribution in [2.75, 3.05) is 11.9 Å². The van der Waals surface area contributed by atoms with Gasteiger partial charge in [0.25, 0.3) is 0 Å². The SMILES string of the molecule is Cc1oc(-c2ccccc2)nc1CCOc1ccc(CNc2ccccc2CC(=O)O)cc1. The van der Waals surface area contributed by atoms with Crippen LogP contribution in [0.15, 0.2) is 83.3 Å². The number of nitrogens with zero attached hydrogens (tertiary/aromatic N) is 1. The van der Waals surface area contributed by atoms with Crippen LogP contribution in [-0.2, 0) is 24.2 Å². The molecule has 4 rings (SSSR count). The van der Waals surface area contributed by atoms with Crippen molar-refractivity contribution in [2.24, 2.45) is 0 Å². The predicted molar refractivity (Wildman–Crippen MR) is 127 cm³/mol. The third-order valence-electron chi connectivity index (χ3n) is 5.29. The van der Waals surface area contributed by atoms with Gasteiger partial charge in [-0.3, -0.25) is 4.79 Å². The lowest BCUT2D eigenvalue weighted by molar-refractivity contribution is -0.136. The van der Waals surface area contributed by atoms with Gasteiger partial charge in [-0.15, -0.1) is 0 Å². The molecule has 6 heteroatoms. The van der Waals surface area contributed by atoms with Gasteiger partial charge in [-0.1, -0.05) is 48.5 Å². The number of benzene rings is 3. The maximum Gasteiger partial charge on any atom is 0.307 e. The number of aliphatic carboxylic acids is 1. The summed E-state index contributed by atoms with van der Waals surface area (Å²) >= 11 is 0. The second-order valence-corrected chi connectivity index (χ2v) is 7.71. The van der Waals surface area contributed by atoms with E-state index in [1.54, 1.807) is 0 Å². The average molecular weight is 443 g/mol. The Morgan fingerprint density at radius 2 is 1.73 bits per heavy atom. The van der Waals surface area contributed by atoms with E-state index in [1.165, 1.54) is 0 Å². The Hall–Kier alpha value is -4.06. The first-order valence-corrected chi connectivity index (χ1v) is 10.9. The van der Waals surface area contributed by atoms with Crippen molar-refractivity contribution in [1.82, 2.24) is 4.98 Å². The largest absolute Gasteiger partial charge is 0.493 e. The number of para-hydroxylation sites is 1. The van der Waals surface area contributed by atoms with E-state index in [1.807, 2.05) is 85.8 Å². The van der Waals surface area contributed by atoms with Gasteiger partial charge < -0.3 is 19.6 Å². The van der Waals surface area contributed by atoms with Crippen LogP contribution < -0.4 is 10.1 Å². The molecular formula is C27H26N2O4. The van der Waals surface area contributed by atoms with Crippen LogP contribution in [0.3, 0.4) is 0 Å². The first-order valence-electron chi connectivity index (χ1n) is 10.9. The van der Waals surface area contributed by atoms with E-state index in [0.29, 0.717) is 25.5 Å². The molecule has 33 heavy (non-hydrogen) atoms. The lowest BCUT2D eigenvalue weighted by Gasteiger charge is -2.11. The number of oxazole rings is 1. The van der Waals surface area contributed by atoms with Crippen molar-refractivity contribution in [1.29, 1.82) is 0 Å². The van der Waals surface area contributed by atoms with Crippen LogP contribution in [0.4, 0.5) is 5.69 Å². The number of nitrogens with one attached hydrogen (secondary N) is 1. The van der Waals surface area contributed by atoms with Crippen LogP contribution in [0.5, 0.6) is 5.75 Å². The minimum Gasteiger partial charge on any atom is -0.493 e. The van der Waals surface area contributed by atoms with Gasteiger partial charge in [0.2, 0.25) is 5.89 Å². The number of carboxylic acids is 1. The molecule has 4 aromatic rings. The smallest absolute Gasteiger partial charge is 0.307 e. The molecule has 0 bridgehead atoms. The zero-order valence-electron chi connectivity index (χ0n) is 18.5. The molecule has 0 fully saturated rings. The van der Waals surface area contributed by atoms with Crippen LogP contribution in [-0.4, -0.2) is 22.7 Å². The fourth-order valence-electron chi connectivity index (χ4n) is 3.54. The van der Waals surface area contributed by atoms with Gasteiger partial charge in [-0.2, -0.15) is 0 Å². The molecule has 0 unspecified atom stereocenters. The monoisotopic (exact) mass is 442 g/mol. The minimum atomic E-state index is -0.845. The first kappa shape index (κ1) is 22.1. The normalized spacial score (nSPS) is 10.7. The molecule has 0 saturated heterocycles. The number of hydrogen-bond donors (Lipinski definition) is 2. The molecular weight excluding hydrogens is 416 g/mol. The molecule has 0 aliphatic heterocycles. The second kappa shape index (κ2) is 10.5. The third kappa shape index (κ3) is 6.01. The van der Waals surface area contributed by atoms with Gasteiger partial charge in [0, 0.05) is 24.2 Å². The minimum absolute atomic E-state index is 0.00616. The summed E-state index contributed by atoms with van der Waals surface area (Å²) < 4.78 is 11.7. The van der Waals surface area contributed by atoms with Crippen molar-refractivity contribution < 1.29 is 19.1 Å². The van der Waals surface area contributed by atoms with Crippen LogP contribution >= 0.6 is 0 Å². The summed E-state index contributed by atoms with van der Waals surface area (Å²) in [5.74, 6) is 1.38. The number of aromatic nitrogens is 1. The topological polar surface area (TPSA) is 84.6 Å². The van der Waals surface area contributed by atoms with Gasteiger partial charge in [-0.05, 0) is 48.4 Å². The van der Waals surface area contributed by atoms with E-state index in [2.05, 4.69) is 10.3 Å². The quantitative estimate of drug-likeness (QED) is 0.337. The van der Waals surface area contributed by atoms with Gasteiger partial charge >= 0.3 is 5.97 Å². The number of hydrogen-bond acceptors (Lipinski definition) is 5. The van der Waals surface area contributed by atoms with Crippen LogP contribution in [0.1, 0.15) is 22.6 Å². The van der Waals surface area contributed by atoms with E-state index in [-0.39, 0.29) is 6.42 Å². The highest BCUT2D eigenvalue weighted by atomic mass is 16.5. The summed E-state index contributed by atoms with van der Waals surface area (Å²) in [6.45, 7) is 3.02. The zero-order valence-corrected chi connectivity index (χ0v) is 18.5. The lowest BCUT2D eigenvalue weighted by Crippen LogP contribution is -2.06. The van der Waals surface area contributed by atoms with Crippen molar-refractivity contribution in [3.63, 3.8) is 0 Å². The maximum absolute atomic E-state index is 11.0. The molecule has 0 aliphatic rings. The second-order valence-electron chi connectivity index (χ2n) is 7.71.